The van der Waals surface area contributed by atoms with Crippen LogP contribution >= 0.6 is 0 Å². The first-order valence-corrected chi connectivity index (χ1v) is 9.57. The highest BCUT2D eigenvalue weighted by Crippen LogP contribution is 2.11. The molecular weight excluding hydrogens is 310 g/mol. The van der Waals surface area contributed by atoms with E-state index < -0.39 is 5.97 Å². The molecule has 0 unspecified atom stereocenters. The van der Waals surface area contributed by atoms with Crippen molar-refractivity contribution >= 4 is 11.7 Å². The highest BCUT2D eigenvalue weighted by molar-refractivity contribution is 5.87. The summed E-state index contributed by atoms with van der Waals surface area (Å²) in [4.78, 5) is 10.8. The van der Waals surface area contributed by atoms with Gasteiger partial charge in [0, 0.05) is 12.2 Å². The fourth-order valence-corrected chi connectivity index (χ4v) is 2.68. The summed E-state index contributed by atoms with van der Waals surface area (Å²) in [5, 5.41) is 12.2. The van der Waals surface area contributed by atoms with Crippen LogP contribution in [-0.4, -0.2) is 17.6 Å². The lowest BCUT2D eigenvalue weighted by Gasteiger charge is -2.05. The first-order chi connectivity index (χ1) is 12.2. The first-order valence-electron chi connectivity index (χ1n) is 9.57. The van der Waals surface area contributed by atoms with Crippen molar-refractivity contribution in [1.29, 1.82) is 0 Å². The standard InChI is InChI=1S/C22H33NO2/c1-2-3-4-5-6-7-8-9-10-11-12-13-14-19-23-21-17-15-20(16-18-21)22(24)25/h2,11-12,15-18,23H,1,3-10,13-14,19H2,(H,24,25). The predicted molar refractivity (Wildman–Crippen MR) is 107 cm³/mol. The van der Waals surface area contributed by atoms with Crippen LogP contribution < -0.4 is 5.32 Å². The van der Waals surface area contributed by atoms with Crippen molar-refractivity contribution in [2.45, 2.75) is 64.2 Å². The summed E-state index contributed by atoms with van der Waals surface area (Å²) in [5.41, 5.74) is 1.30. The van der Waals surface area contributed by atoms with Crippen molar-refractivity contribution in [3.63, 3.8) is 0 Å². The van der Waals surface area contributed by atoms with Crippen molar-refractivity contribution in [3.8, 4) is 0 Å². The highest BCUT2D eigenvalue weighted by atomic mass is 16.4. The van der Waals surface area contributed by atoms with E-state index in [0.717, 1.165) is 31.5 Å². The van der Waals surface area contributed by atoms with Crippen LogP contribution in [0.2, 0.25) is 0 Å². The predicted octanol–water partition coefficient (Wildman–Crippen LogP) is 6.44. The van der Waals surface area contributed by atoms with E-state index in [9.17, 15) is 4.79 Å². The van der Waals surface area contributed by atoms with Crippen LogP contribution in [0, 0.1) is 0 Å². The van der Waals surface area contributed by atoms with E-state index >= 15 is 0 Å². The molecular formula is C22H33NO2. The molecule has 0 aliphatic heterocycles. The van der Waals surface area contributed by atoms with Crippen LogP contribution in [-0.2, 0) is 0 Å². The molecule has 0 heterocycles. The van der Waals surface area contributed by atoms with Crippen LogP contribution in [0.1, 0.15) is 74.6 Å². The van der Waals surface area contributed by atoms with E-state index in [1.54, 1.807) is 12.1 Å². The molecule has 3 heteroatoms. The van der Waals surface area contributed by atoms with Crippen molar-refractivity contribution in [2.75, 3.05) is 11.9 Å². The molecule has 0 aliphatic rings. The van der Waals surface area contributed by atoms with Gasteiger partial charge >= 0.3 is 5.97 Å². The Morgan fingerprint density at radius 1 is 0.880 bits per heavy atom. The van der Waals surface area contributed by atoms with Crippen LogP contribution in [0.4, 0.5) is 5.69 Å². The monoisotopic (exact) mass is 343 g/mol. The SMILES string of the molecule is C=CCCCCCCCCC=CCCCNc1ccc(C(=O)O)cc1. The number of aromatic carboxylic acids is 1. The largest absolute Gasteiger partial charge is 0.478 e. The molecule has 0 bridgehead atoms. The van der Waals surface area contributed by atoms with Crippen molar-refractivity contribution in [3.05, 3.63) is 54.6 Å². The molecule has 1 aromatic carbocycles. The Labute approximate surface area is 152 Å². The fraction of sp³-hybridized carbons (Fsp3) is 0.500. The van der Waals surface area contributed by atoms with Gasteiger partial charge in [0.1, 0.15) is 0 Å². The van der Waals surface area contributed by atoms with Crippen LogP contribution in [0.15, 0.2) is 49.1 Å². The lowest BCUT2D eigenvalue weighted by molar-refractivity contribution is 0.0697. The molecule has 0 atom stereocenters. The number of carboxylic acids is 1. The van der Waals surface area contributed by atoms with Crippen molar-refractivity contribution < 1.29 is 9.90 Å². The van der Waals surface area contributed by atoms with Gasteiger partial charge in [-0.3, -0.25) is 0 Å². The normalized spacial score (nSPS) is 10.9. The van der Waals surface area contributed by atoms with Gasteiger partial charge in [0.2, 0.25) is 0 Å². The zero-order valence-corrected chi connectivity index (χ0v) is 15.4. The maximum atomic E-state index is 10.8. The van der Waals surface area contributed by atoms with Gasteiger partial charge in [-0.1, -0.05) is 43.9 Å². The van der Waals surface area contributed by atoms with Crippen LogP contribution in [0.5, 0.6) is 0 Å². The topological polar surface area (TPSA) is 49.3 Å². The molecule has 3 nitrogen and oxygen atoms in total. The smallest absolute Gasteiger partial charge is 0.335 e. The molecule has 1 aromatic rings. The number of carboxylic acid groups (broad SMARTS) is 1. The molecule has 0 saturated heterocycles. The van der Waals surface area contributed by atoms with Gasteiger partial charge in [0.25, 0.3) is 0 Å². The lowest BCUT2D eigenvalue weighted by Crippen LogP contribution is -2.02. The number of unbranched alkanes of at least 4 members (excludes halogenated alkanes) is 8. The summed E-state index contributed by atoms with van der Waals surface area (Å²) < 4.78 is 0. The van der Waals surface area contributed by atoms with Gasteiger partial charge in [0.05, 0.1) is 5.56 Å². The number of hydrogen-bond donors (Lipinski definition) is 2. The van der Waals surface area contributed by atoms with Gasteiger partial charge in [-0.25, -0.2) is 4.79 Å². The molecule has 0 spiro atoms. The molecule has 0 aliphatic carbocycles. The number of hydrogen-bond acceptors (Lipinski definition) is 2. The molecule has 1 rings (SSSR count). The van der Waals surface area contributed by atoms with E-state index in [1.165, 1.54) is 44.9 Å². The van der Waals surface area contributed by atoms with Gasteiger partial charge in [-0.2, -0.15) is 0 Å². The second kappa shape index (κ2) is 14.3. The van der Waals surface area contributed by atoms with Gasteiger partial charge < -0.3 is 10.4 Å². The lowest BCUT2D eigenvalue weighted by atomic mass is 10.1. The maximum absolute atomic E-state index is 10.8. The number of allylic oxidation sites excluding steroid dienone is 3. The summed E-state index contributed by atoms with van der Waals surface area (Å²) in [7, 11) is 0. The van der Waals surface area contributed by atoms with Gasteiger partial charge in [0.15, 0.2) is 0 Å². The summed E-state index contributed by atoms with van der Waals surface area (Å²) in [5.74, 6) is -0.885. The molecule has 0 saturated carbocycles. The van der Waals surface area contributed by atoms with E-state index in [4.69, 9.17) is 5.11 Å². The number of rotatable bonds is 15. The number of carbonyl (C=O) groups is 1. The molecule has 138 valence electrons. The van der Waals surface area contributed by atoms with E-state index in [-0.39, 0.29) is 0 Å². The molecule has 0 aromatic heterocycles. The summed E-state index contributed by atoms with van der Waals surface area (Å²) in [6.45, 7) is 4.65. The average Bonchev–Trinajstić information content (AvgIpc) is 2.62. The fourth-order valence-electron chi connectivity index (χ4n) is 2.68. The first kappa shape index (κ1) is 21.0. The highest BCUT2D eigenvalue weighted by Gasteiger charge is 2.00. The molecule has 25 heavy (non-hydrogen) atoms. The Hall–Kier alpha value is -2.03. The van der Waals surface area contributed by atoms with E-state index in [0.29, 0.717) is 5.56 Å². The minimum Gasteiger partial charge on any atom is -0.478 e. The Morgan fingerprint density at radius 2 is 1.44 bits per heavy atom. The maximum Gasteiger partial charge on any atom is 0.335 e. The Kier molecular flexibility index (Phi) is 12.0. The molecule has 0 fully saturated rings. The molecule has 0 radical (unpaired) electrons. The summed E-state index contributed by atoms with van der Waals surface area (Å²) in [6, 6.07) is 6.89. The average molecular weight is 344 g/mol. The summed E-state index contributed by atoms with van der Waals surface area (Å²) in [6.07, 6.45) is 19.1. The number of anilines is 1. The van der Waals surface area contributed by atoms with Gasteiger partial charge in [-0.15, -0.1) is 6.58 Å². The minimum atomic E-state index is -0.885. The van der Waals surface area contributed by atoms with Crippen molar-refractivity contribution in [1.82, 2.24) is 0 Å². The Balaban J connectivity index is 1.93. The van der Waals surface area contributed by atoms with Crippen molar-refractivity contribution in [2.24, 2.45) is 0 Å². The second-order valence-corrected chi connectivity index (χ2v) is 6.41. The quantitative estimate of drug-likeness (QED) is 0.284. The second-order valence-electron chi connectivity index (χ2n) is 6.41. The minimum absolute atomic E-state index is 0.324. The van der Waals surface area contributed by atoms with Crippen LogP contribution in [0.25, 0.3) is 0 Å². The summed E-state index contributed by atoms with van der Waals surface area (Å²) >= 11 is 0. The van der Waals surface area contributed by atoms with Crippen LogP contribution in [0.3, 0.4) is 0 Å². The zero-order chi connectivity index (χ0) is 18.2. The van der Waals surface area contributed by atoms with E-state index in [1.807, 2.05) is 18.2 Å². The zero-order valence-electron chi connectivity index (χ0n) is 15.4. The molecule has 2 N–H and O–H groups in total. The Morgan fingerprint density at radius 3 is 2.04 bits per heavy atom. The third kappa shape index (κ3) is 11.2. The third-order valence-electron chi connectivity index (χ3n) is 4.20. The van der Waals surface area contributed by atoms with E-state index in [2.05, 4.69) is 24.0 Å². The third-order valence-corrected chi connectivity index (χ3v) is 4.20. The van der Waals surface area contributed by atoms with Gasteiger partial charge in [-0.05, 0) is 62.8 Å². The Bertz CT molecular complexity index is 505. The number of benzene rings is 1. The molecule has 0 amide bonds. The number of nitrogens with one attached hydrogen (secondary N) is 1.